The fourth-order valence-electron chi connectivity index (χ4n) is 1.72. The number of halogens is 1. The van der Waals surface area contributed by atoms with E-state index in [4.69, 9.17) is 11.6 Å². The first-order valence-corrected chi connectivity index (χ1v) is 6.54. The van der Waals surface area contributed by atoms with Crippen LogP contribution in [0.3, 0.4) is 0 Å². The maximum atomic E-state index is 5.71. The number of benzene rings is 1. The summed E-state index contributed by atoms with van der Waals surface area (Å²) in [4.78, 5) is 2.24. The lowest BCUT2D eigenvalue weighted by molar-refractivity contribution is 0.348. The average Bonchev–Trinajstić information content (AvgIpc) is 2.29. The zero-order chi connectivity index (χ0) is 12.0. The van der Waals surface area contributed by atoms with E-state index < -0.39 is 0 Å². The van der Waals surface area contributed by atoms with Gasteiger partial charge in [-0.05, 0) is 30.5 Å². The van der Waals surface area contributed by atoms with E-state index in [2.05, 4.69) is 50.1 Å². The molecule has 0 aliphatic carbocycles. The van der Waals surface area contributed by atoms with Crippen LogP contribution in [0.4, 0.5) is 0 Å². The second-order valence-electron chi connectivity index (χ2n) is 4.48. The third kappa shape index (κ3) is 4.15. The molecule has 1 nitrogen and oxygen atoms in total. The predicted molar refractivity (Wildman–Crippen MR) is 72.2 cm³/mol. The summed E-state index contributed by atoms with van der Waals surface area (Å²) in [5.74, 6) is 1.36. The summed E-state index contributed by atoms with van der Waals surface area (Å²) in [5, 5.41) is 0. The van der Waals surface area contributed by atoms with Crippen LogP contribution in [-0.2, 0) is 6.54 Å². The van der Waals surface area contributed by atoms with Crippen molar-refractivity contribution in [2.24, 2.45) is 0 Å². The molecule has 0 spiro atoms. The smallest absolute Gasteiger partial charge is 0.0351 e. The van der Waals surface area contributed by atoms with E-state index in [1.165, 1.54) is 17.5 Å². The monoisotopic (exact) mass is 239 g/mol. The molecular formula is C14H22ClN. The van der Waals surface area contributed by atoms with Crippen molar-refractivity contribution in [3.63, 3.8) is 0 Å². The summed E-state index contributed by atoms with van der Waals surface area (Å²) < 4.78 is 0. The molecule has 0 aliphatic rings. The molecule has 0 fully saturated rings. The van der Waals surface area contributed by atoms with Gasteiger partial charge in [-0.25, -0.2) is 0 Å². The van der Waals surface area contributed by atoms with Crippen molar-refractivity contribution in [3.05, 3.63) is 35.4 Å². The Balaban J connectivity index is 2.57. The molecule has 1 rings (SSSR count). The molecule has 90 valence electrons. The van der Waals surface area contributed by atoms with Crippen LogP contribution >= 0.6 is 11.6 Å². The Labute approximate surface area is 104 Å². The lowest BCUT2D eigenvalue weighted by Crippen LogP contribution is -2.19. The van der Waals surface area contributed by atoms with E-state index in [0.717, 1.165) is 13.1 Å². The van der Waals surface area contributed by atoms with E-state index in [0.29, 0.717) is 11.8 Å². The van der Waals surface area contributed by atoms with Crippen LogP contribution in [0, 0.1) is 0 Å². The van der Waals surface area contributed by atoms with Gasteiger partial charge in [0.25, 0.3) is 0 Å². The number of nitrogens with zero attached hydrogens (tertiary/aromatic N) is 1. The first kappa shape index (κ1) is 13.5. The summed E-state index contributed by atoms with van der Waals surface area (Å²) in [6, 6.07) is 8.95. The number of alkyl halides is 1. The molecule has 0 saturated heterocycles. The van der Waals surface area contributed by atoms with Gasteiger partial charge in [0.15, 0.2) is 0 Å². The van der Waals surface area contributed by atoms with E-state index in [1.807, 2.05) is 0 Å². The van der Waals surface area contributed by atoms with Gasteiger partial charge in [-0.1, -0.05) is 38.1 Å². The maximum Gasteiger partial charge on any atom is 0.0351 e. The van der Waals surface area contributed by atoms with Gasteiger partial charge >= 0.3 is 0 Å². The molecule has 0 bridgehead atoms. The van der Waals surface area contributed by atoms with Gasteiger partial charge < -0.3 is 4.90 Å². The SMILES string of the molecule is CCC(C)c1ccc(CN(C)CCCl)cc1. The molecule has 16 heavy (non-hydrogen) atoms. The van der Waals surface area contributed by atoms with Gasteiger partial charge in [0.1, 0.15) is 0 Å². The Kier molecular flexibility index (Phi) is 5.86. The third-order valence-corrected chi connectivity index (χ3v) is 3.25. The van der Waals surface area contributed by atoms with Crippen molar-refractivity contribution >= 4 is 11.6 Å². The molecule has 0 amide bonds. The molecule has 2 heteroatoms. The van der Waals surface area contributed by atoms with Crippen LogP contribution in [0.25, 0.3) is 0 Å². The lowest BCUT2D eigenvalue weighted by Gasteiger charge is -2.16. The fourth-order valence-corrected chi connectivity index (χ4v) is 2.01. The highest BCUT2D eigenvalue weighted by Gasteiger charge is 2.03. The number of hydrogen-bond acceptors (Lipinski definition) is 1. The van der Waals surface area contributed by atoms with Crippen molar-refractivity contribution < 1.29 is 0 Å². The zero-order valence-electron chi connectivity index (χ0n) is 10.5. The summed E-state index contributed by atoms with van der Waals surface area (Å²) in [7, 11) is 2.10. The molecule has 0 saturated carbocycles. The van der Waals surface area contributed by atoms with Crippen LogP contribution in [0.15, 0.2) is 24.3 Å². The Morgan fingerprint density at radius 3 is 2.38 bits per heavy atom. The summed E-state index contributed by atoms with van der Waals surface area (Å²) in [6.45, 7) is 6.42. The second kappa shape index (κ2) is 6.93. The molecular weight excluding hydrogens is 218 g/mol. The molecule has 1 aromatic rings. The van der Waals surface area contributed by atoms with Gasteiger partial charge in [-0.15, -0.1) is 11.6 Å². The Hall–Kier alpha value is -0.530. The van der Waals surface area contributed by atoms with Gasteiger partial charge in [-0.3, -0.25) is 0 Å². The molecule has 0 N–H and O–H groups in total. The normalized spacial score (nSPS) is 13.1. The third-order valence-electron chi connectivity index (χ3n) is 3.08. The average molecular weight is 240 g/mol. The minimum absolute atomic E-state index is 0.662. The quantitative estimate of drug-likeness (QED) is 0.682. The van der Waals surface area contributed by atoms with Crippen molar-refractivity contribution in [2.75, 3.05) is 19.5 Å². The van der Waals surface area contributed by atoms with Gasteiger partial charge in [0.2, 0.25) is 0 Å². The van der Waals surface area contributed by atoms with Crippen LogP contribution in [0.2, 0.25) is 0 Å². The Morgan fingerprint density at radius 2 is 1.88 bits per heavy atom. The summed E-state index contributed by atoms with van der Waals surface area (Å²) in [5.41, 5.74) is 2.80. The minimum Gasteiger partial charge on any atom is -0.301 e. The molecule has 0 aliphatic heterocycles. The zero-order valence-corrected chi connectivity index (χ0v) is 11.3. The summed E-state index contributed by atoms with van der Waals surface area (Å²) >= 11 is 5.71. The second-order valence-corrected chi connectivity index (χ2v) is 4.86. The number of rotatable bonds is 6. The fraction of sp³-hybridized carbons (Fsp3) is 0.571. The van der Waals surface area contributed by atoms with Gasteiger partial charge in [-0.2, -0.15) is 0 Å². The van der Waals surface area contributed by atoms with Crippen molar-refractivity contribution in [3.8, 4) is 0 Å². The predicted octanol–water partition coefficient (Wildman–Crippen LogP) is 3.87. The molecule has 1 atom stereocenters. The summed E-state index contributed by atoms with van der Waals surface area (Å²) in [6.07, 6.45) is 1.20. The highest BCUT2D eigenvalue weighted by molar-refractivity contribution is 6.18. The van der Waals surface area contributed by atoms with Gasteiger partial charge in [0.05, 0.1) is 0 Å². The van der Waals surface area contributed by atoms with Crippen molar-refractivity contribution in [1.29, 1.82) is 0 Å². The molecule has 0 aromatic heterocycles. The van der Waals surface area contributed by atoms with E-state index in [-0.39, 0.29) is 0 Å². The van der Waals surface area contributed by atoms with Crippen LogP contribution in [0.1, 0.15) is 37.3 Å². The lowest BCUT2D eigenvalue weighted by atomic mass is 9.97. The van der Waals surface area contributed by atoms with E-state index in [1.54, 1.807) is 0 Å². The van der Waals surface area contributed by atoms with E-state index in [9.17, 15) is 0 Å². The Morgan fingerprint density at radius 1 is 1.25 bits per heavy atom. The molecule has 1 unspecified atom stereocenters. The topological polar surface area (TPSA) is 3.24 Å². The van der Waals surface area contributed by atoms with E-state index >= 15 is 0 Å². The van der Waals surface area contributed by atoms with Gasteiger partial charge in [0, 0.05) is 19.0 Å². The minimum atomic E-state index is 0.662. The van der Waals surface area contributed by atoms with Crippen LogP contribution in [-0.4, -0.2) is 24.4 Å². The molecule has 1 aromatic carbocycles. The highest BCUT2D eigenvalue weighted by atomic mass is 35.5. The standard InChI is InChI=1S/C14H22ClN/c1-4-12(2)14-7-5-13(6-8-14)11-16(3)10-9-15/h5-8,12H,4,9-11H2,1-3H3. The molecule has 0 radical (unpaired) electrons. The first-order chi connectivity index (χ1) is 7.67. The van der Waals surface area contributed by atoms with Crippen molar-refractivity contribution in [2.45, 2.75) is 32.7 Å². The number of hydrogen-bond donors (Lipinski definition) is 0. The largest absolute Gasteiger partial charge is 0.301 e. The first-order valence-electron chi connectivity index (χ1n) is 6.00. The maximum absolute atomic E-state index is 5.71. The Bertz CT molecular complexity index is 294. The molecule has 0 heterocycles. The van der Waals surface area contributed by atoms with Crippen LogP contribution < -0.4 is 0 Å². The highest BCUT2D eigenvalue weighted by Crippen LogP contribution is 2.19. The van der Waals surface area contributed by atoms with Crippen molar-refractivity contribution in [1.82, 2.24) is 4.90 Å². The van der Waals surface area contributed by atoms with Crippen LogP contribution in [0.5, 0.6) is 0 Å².